The fourth-order valence-corrected chi connectivity index (χ4v) is 4.01. The van der Waals surface area contributed by atoms with E-state index in [9.17, 15) is 4.79 Å². The average Bonchev–Trinajstić information content (AvgIpc) is 3.18. The van der Waals surface area contributed by atoms with Gasteiger partial charge in [-0.2, -0.15) is 5.26 Å². The van der Waals surface area contributed by atoms with E-state index >= 15 is 0 Å². The number of nitriles is 1. The van der Waals surface area contributed by atoms with Crippen molar-refractivity contribution in [1.29, 1.82) is 5.26 Å². The maximum Gasteiger partial charge on any atom is 0.266 e. The van der Waals surface area contributed by atoms with Gasteiger partial charge in [0, 0.05) is 12.0 Å². The highest BCUT2D eigenvalue weighted by Gasteiger charge is 2.34. The summed E-state index contributed by atoms with van der Waals surface area (Å²) in [6.07, 6.45) is 3.77. The van der Waals surface area contributed by atoms with E-state index in [0.717, 1.165) is 19.4 Å². The number of rotatable bonds is 3. The quantitative estimate of drug-likeness (QED) is 0.623. The fraction of sp³-hybridized carbons (Fsp3) is 0.385. The molecule has 2 saturated heterocycles. The van der Waals surface area contributed by atoms with E-state index in [1.165, 1.54) is 23.1 Å². The Labute approximate surface area is 135 Å². The van der Waals surface area contributed by atoms with Crippen LogP contribution in [0, 0.1) is 11.3 Å². The number of thiocarbonyl (C=S) groups is 1. The Morgan fingerprint density at radius 2 is 2.52 bits per heavy atom. The van der Waals surface area contributed by atoms with Crippen LogP contribution in [0.1, 0.15) is 23.5 Å². The molecule has 0 aromatic carbocycles. The highest BCUT2D eigenvalue weighted by molar-refractivity contribution is 8.26. The molecular weight excluding hydrogens is 326 g/mol. The normalized spacial score (nSPS) is 24.0. The van der Waals surface area contributed by atoms with Crippen molar-refractivity contribution >= 4 is 51.6 Å². The molecule has 2 fully saturated rings. The monoisotopic (exact) mass is 337 g/mol. The molecule has 1 unspecified atom stereocenters. The zero-order chi connectivity index (χ0) is 14.8. The van der Waals surface area contributed by atoms with Crippen molar-refractivity contribution in [3.8, 4) is 6.07 Å². The lowest BCUT2D eigenvalue weighted by Gasteiger charge is -2.18. The number of amides is 1. The molecule has 1 atom stereocenters. The average molecular weight is 337 g/mol. The molecule has 3 rings (SSSR count). The van der Waals surface area contributed by atoms with Gasteiger partial charge in [-0.25, -0.2) is 4.98 Å². The van der Waals surface area contributed by atoms with Gasteiger partial charge in [-0.1, -0.05) is 24.0 Å². The molecule has 0 radical (unpaired) electrons. The molecule has 0 N–H and O–H groups in total. The first-order chi connectivity index (χ1) is 10.2. The number of hydrogen-bond acceptors (Lipinski definition) is 7. The second-order valence-corrected chi connectivity index (χ2v) is 7.15. The first kappa shape index (κ1) is 14.7. The first-order valence-corrected chi connectivity index (χ1v) is 8.50. The second kappa shape index (κ2) is 6.23. The standard InChI is InChI=1S/C13H11N3O2S3/c14-5-11-15-8(7-20-11)4-10-12(17)16(13(19)21-10)6-9-2-1-3-18-9/h4,7,9H,1-3,6H2. The number of hydrogen-bond donors (Lipinski definition) is 0. The first-order valence-electron chi connectivity index (χ1n) is 6.40. The van der Waals surface area contributed by atoms with E-state index < -0.39 is 0 Å². The van der Waals surface area contributed by atoms with E-state index in [0.29, 0.717) is 26.5 Å². The van der Waals surface area contributed by atoms with Gasteiger partial charge in [0.1, 0.15) is 10.4 Å². The van der Waals surface area contributed by atoms with Crippen LogP contribution in [0.25, 0.3) is 6.08 Å². The number of nitrogens with zero attached hydrogens (tertiary/aromatic N) is 3. The number of thioether (sulfide) groups is 1. The molecule has 1 aromatic heterocycles. The predicted molar refractivity (Wildman–Crippen MR) is 85.7 cm³/mol. The summed E-state index contributed by atoms with van der Waals surface area (Å²) >= 11 is 7.81. The number of thiazole rings is 1. The summed E-state index contributed by atoms with van der Waals surface area (Å²) < 4.78 is 6.11. The minimum atomic E-state index is -0.105. The van der Waals surface area contributed by atoms with Crippen LogP contribution in [0.5, 0.6) is 0 Å². The number of carbonyl (C=O) groups is 1. The summed E-state index contributed by atoms with van der Waals surface area (Å²) in [7, 11) is 0. The number of aromatic nitrogens is 1. The summed E-state index contributed by atoms with van der Waals surface area (Å²) in [5, 5.41) is 10.9. The van der Waals surface area contributed by atoms with E-state index in [-0.39, 0.29) is 12.0 Å². The molecule has 2 aliphatic rings. The Bertz CT molecular complexity index is 656. The molecular formula is C13H11N3O2S3. The molecule has 0 spiro atoms. The number of carbonyl (C=O) groups excluding carboxylic acids is 1. The maximum absolute atomic E-state index is 12.4. The molecule has 21 heavy (non-hydrogen) atoms. The van der Waals surface area contributed by atoms with Crippen molar-refractivity contribution in [2.45, 2.75) is 18.9 Å². The maximum atomic E-state index is 12.4. The van der Waals surface area contributed by atoms with Crippen LogP contribution < -0.4 is 0 Å². The lowest BCUT2D eigenvalue weighted by atomic mass is 10.2. The molecule has 5 nitrogen and oxygen atoms in total. The largest absolute Gasteiger partial charge is 0.376 e. The van der Waals surface area contributed by atoms with Gasteiger partial charge in [0.15, 0.2) is 5.01 Å². The van der Waals surface area contributed by atoms with Crippen LogP contribution in [-0.4, -0.2) is 39.4 Å². The highest BCUT2D eigenvalue weighted by Crippen LogP contribution is 2.33. The third kappa shape index (κ3) is 3.16. The van der Waals surface area contributed by atoms with Crippen LogP contribution in [0.3, 0.4) is 0 Å². The zero-order valence-electron chi connectivity index (χ0n) is 10.9. The SMILES string of the molecule is N#Cc1nc(C=C2SC(=S)N(CC3CCCO3)C2=O)cs1. The van der Waals surface area contributed by atoms with Crippen molar-refractivity contribution in [1.82, 2.24) is 9.88 Å². The van der Waals surface area contributed by atoms with Crippen LogP contribution in [0.15, 0.2) is 10.3 Å². The van der Waals surface area contributed by atoms with Crippen molar-refractivity contribution < 1.29 is 9.53 Å². The fourth-order valence-electron chi connectivity index (χ4n) is 2.19. The smallest absolute Gasteiger partial charge is 0.266 e. The highest BCUT2D eigenvalue weighted by atomic mass is 32.2. The van der Waals surface area contributed by atoms with Crippen LogP contribution in [0.2, 0.25) is 0 Å². The van der Waals surface area contributed by atoms with Crippen molar-refractivity contribution in [3.63, 3.8) is 0 Å². The van der Waals surface area contributed by atoms with Crippen LogP contribution in [0.4, 0.5) is 0 Å². The van der Waals surface area contributed by atoms with Crippen molar-refractivity contribution in [2.24, 2.45) is 0 Å². The minimum Gasteiger partial charge on any atom is -0.376 e. The summed E-state index contributed by atoms with van der Waals surface area (Å²) in [6, 6.07) is 1.98. The van der Waals surface area contributed by atoms with Crippen molar-refractivity contribution in [2.75, 3.05) is 13.2 Å². The summed E-state index contributed by atoms with van der Waals surface area (Å²) in [6.45, 7) is 1.27. The van der Waals surface area contributed by atoms with Gasteiger partial charge in [0.25, 0.3) is 5.91 Å². The second-order valence-electron chi connectivity index (χ2n) is 4.62. The Hall–Kier alpha value is -1.27. The van der Waals surface area contributed by atoms with E-state index in [1.54, 1.807) is 16.4 Å². The number of ether oxygens (including phenoxy) is 1. The minimum absolute atomic E-state index is 0.0799. The summed E-state index contributed by atoms with van der Waals surface area (Å²) in [4.78, 5) is 18.6. The Kier molecular flexibility index (Phi) is 4.35. The molecule has 3 heterocycles. The lowest BCUT2D eigenvalue weighted by molar-refractivity contribution is -0.123. The molecule has 0 saturated carbocycles. The van der Waals surface area contributed by atoms with E-state index in [2.05, 4.69) is 4.98 Å². The Balaban J connectivity index is 1.74. The molecule has 0 aliphatic carbocycles. The lowest BCUT2D eigenvalue weighted by Crippen LogP contribution is -2.35. The van der Waals surface area contributed by atoms with Gasteiger partial charge in [-0.15, -0.1) is 11.3 Å². The van der Waals surface area contributed by atoms with Gasteiger partial charge in [0.2, 0.25) is 0 Å². The van der Waals surface area contributed by atoms with Gasteiger partial charge in [0.05, 0.1) is 23.2 Å². The van der Waals surface area contributed by atoms with Crippen molar-refractivity contribution in [3.05, 3.63) is 21.0 Å². The van der Waals surface area contributed by atoms with Crippen LogP contribution >= 0.6 is 35.3 Å². The van der Waals surface area contributed by atoms with Gasteiger partial charge < -0.3 is 4.74 Å². The molecule has 0 bridgehead atoms. The third-order valence-electron chi connectivity index (χ3n) is 3.18. The summed E-state index contributed by atoms with van der Waals surface area (Å²) in [5.74, 6) is -0.105. The molecule has 1 amide bonds. The predicted octanol–water partition coefficient (Wildman–Crippen LogP) is 2.39. The molecule has 8 heteroatoms. The van der Waals surface area contributed by atoms with Gasteiger partial charge in [-0.05, 0) is 18.9 Å². The Morgan fingerprint density at radius 1 is 1.67 bits per heavy atom. The van der Waals surface area contributed by atoms with E-state index in [1.807, 2.05) is 6.07 Å². The molecule has 1 aromatic rings. The zero-order valence-corrected chi connectivity index (χ0v) is 13.4. The molecule has 2 aliphatic heterocycles. The van der Waals surface area contributed by atoms with Gasteiger partial charge >= 0.3 is 0 Å². The topological polar surface area (TPSA) is 66.2 Å². The Morgan fingerprint density at radius 3 is 3.19 bits per heavy atom. The summed E-state index contributed by atoms with van der Waals surface area (Å²) in [5.41, 5.74) is 0.620. The van der Waals surface area contributed by atoms with E-state index in [4.69, 9.17) is 22.2 Å². The third-order valence-corrected chi connectivity index (χ3v) is 5.32. The van der Waals surface area contributed by atoms with Crippen LogP contribution in [-0.2, 0) is 9.53 Å². The van der Waals surface area contributed by atoms with Gasteiger partial charge in [-0.3, -0.25) is 9.69 Å². The molecule has 108 valence electrons.